The molecular formula is C16H13N3O4S. The van der Waals surface area contributed by atoms with Crippen LogP contribution in [0.15, 0.2) is 36.0 Å². The van der Waals surface area contributed by atoms with Crippen LogP contribution in [0.3, 0.4) is 0 Å². The standard InChI is InChI=1S/C16H13N3O4S/c1-18-15(23)11(14(22)17-16(18)24)6-9-7-19(8-13(20)21)12-5-3-2-4-10(9)12/h2-7H,8H2,1H3,(H,20,21)(H,17,22,24)/b11-6+. The lowest BCUT2D eigenvalue weighted by Gasteiger charge is -2.24. The van der Waals surface area contributed by atoms with Gasteiger partial charge in [0.2, 0.25) is 0 Å². The maximum Gasteiger partial charge on any atom is 0.323 e. The summed E-state index contributed by atoms with van der Waals surface area (Å²) in [6.07, 6.45) is 3.07. The molecule has 0 bridgehead atoms. The summed E-state index contributed by atoms with van der Waals surface area (Å²) in [7, 11) is 1.48. The molecule has 0 radical (unpaired) electrons. The number of aliphatic carboxylic acids is 1. The number of nitrogens with one attached hydrogen (secondary N) is 1. The quantitative estimate of drug-likeness (QED) is 0.492. The maximum absolute atomic E-state index is 12.3. The monoisotopic (exact) mass is 343 g/mol. The minimum atomic E-state index is -0.980. The van der Waals surface area contributed by atoms with Crippen LogP contribution in [0.1, 0.15) is 5.56 Å². The Balaban J connectivity index is 2.13. The van der Waals surface area contributed by atoms with Crippen LogP contribution in [0.25, 0.3) is 17.0 Å². The molecule has 8 heteroatoms. The van der Waals surface area contributed by atoms with Gasteiger partial charge in [-0.15, -0.1) is 0 Å². The van der Waals surface area contributed by atoms with E-state index < -0.39 is 17.8 Å². The molecule has 2 heterocycles. The lowest BCUT2D eigenvalue weighted by molar-refractivity contribution is -0.137. The number of carbonyl (C=O) groups excluding carboxylic acids is 2. The van der Waals surface area contributed by atoms with Crippen LogP contribution in [-0.4, -0.2) is 44.5 Å². The predicted molar refractivity (Wildman–Crippen MR) is 91.1 cm³/mol. The average molecular weight is 343 g/mol. The summed E-state index contributed by atoms with van der Waals surface area (Å²) in [6, 6.07) is 7.19. The normalized spacial score (nSPS) is 16.8. The van der Waals surface area contributed by atoms with E-state index in [1.165, 1.54) is 18.0 Å². The predicted octanol–water partition coefficient (Wildman–Crippen LogP) is 0.982. The first-order valence-corrected chi connectivity index (χ1v) is 7.44. The third-order valence-corrected chi connectivity index (χ3v) is 4.11. The van der Waals surface area contributed by atoms with Crippen molar-refractivity contribution < 1.29 is 19.5 Å². The van der Waals surface area contributed by atoms with Crippen LogP contribution in [-0.2, 0) is 20.9 Å². The first-order valence-electron chi connectivity index (χ1n) is 7.03. The first-order chi connectivity index (χ1) is 11.4. The summed E-state index contributed by atoms with van der Waals surface area (Å²) in [5, 5.41) is 12.3. The number of fused-ring (bicyclic) bond motifs is 1. The number of carboxylic acids is 1. The fourth-order valence-corrected chi connectivity index (χ4v) is 2.74. The smallest absolute Gasteiger partial charge is 0.323 e. The number of hydrogen-bond acceptors (Lipinski definition) is 4. The highest BCUT2D eigenvalue weighted by atomic mass is 32.1. The van der Waals surface area contributed by atoms with E-state index in [4.69, 9.17) is 17.3 Å². The van der Waals surface area contributed by atoms with E-state index in [1.54, 1.807) is 35.0 Å². The van der Waals surface area contributed by atoms with Gasteiger partial charge in [0, 0.05) is 29.7 Å². The van der Waals surface area contributed by atoms with Crippen molar-refractivity contribution in [2.24, 2.45) is 0 Å². The number of benzene rings is 1. The van der Waals surface area contributed by atoms with Gasteiger partial charge in [-0.05, 0) is 24.4 Å². The second-order valence-electron chi connectivity index (χ2n) is 5.30. The van der Waals surface area contributed by atoms with Gasteiger partial charge >= 0.3 is 5.97 Å². The molecular weight excluding hydrogens is 330 g/mol. The second kappa shape index (κ2) is 5.89. The van der Waals surface area contributed by atoms with Gasteiger partial charge in [-0.2, -0.15) is 0 Å². The Morgan fingerprint density at radius 1 is 1.33 bits per heavy atom. The Kier molecular flexibility index (Phi) is 3.90. The Hall–Kier alpha value is -3.00. The molecule has 0 spiro atoms. The van der Waals surface area contributed by atoms with Crippen LogP contribution in [0, 0.1) is 0 Å². The SMILES string of the molecule is CN1C(=O)/C(=C/c2cn(CC(=O)O)c3ccccc23)C(=O)NC1=S. The van der Waals surface area contributed by atoms with Crippen molar-refractivity contribution >= 4 is 52.1 Å². The van der Waals surface area contributed by atoms with E-state index in [-0.39, 0.29) is 17.2 Å². The van der Waals surface area contributed by atoms with E-state index in [0.717, 1.165) is 5.39 Å². The topological polar surface area (TPSA) is 91.6 Å². The van der Waals surface area contributed by atoms with Crippen LogP contribution in [0.5, 0.6) is 0 Å². The van der Waals surface area contributed by atoms with Gasteiger partial charge < -0.3 is 9.67 Å². The summed E-state index contributed by atoms with van der Waals surface area (Å²) >= 11 is 4.91. The third-order valence-electron chi connectivity index (χ3n) is 3.73. The van der Waals surface area contributed by atoms with E-state index in [2.05, 4.69) is 5.32 Å². The molecule has 1 aromatic carbocycles. The molecule has 1 saturated heterocycles. The van der Waals surface area contributed by atoms with Gasteiger partial charge in [0.25, 0.3) is 11.8 Å². The van der Waals surface area contributed by atoms with Gasteiger partial charge in [0.15, 0.2) is 5.11 Å². The number of thiocarbonyl (C=S) groups is 1. The molecule has 0 saturated carbocycles. The minimum Gasteiger partial charge on any atom is -0.480 e. The molecule has 1 fully saturated rings. The number of hydrogen-bond donors (Lipinski definition) is 2. The van der Waals surface area contributed by atoms with E-state index >= 15 is 0 Å². The van der Waals surface area contributed by atoms with Crippen LogP contribution < -0.4 is 5.32 Å². The summed E-state index contributed by atoms with van der Waals surface area (Å²) in [6.45, 7) is -0.214. The molecule has 0 unspecified atom stereocenters. The highest BCUT2D eigenvalue weighted by Gasteiger charge is 2.31. The number of carboxylic acid groups (broad SMARTS) is 1. The lowest BCUT2D eigenvalue weighted by Crippen LogP contribution is -2.52. The second-order valence-corrected chi connectivity index (χ2v) is 5.69. The van der Waals surface area contributed by atoms with Gasteiger partial charge in [-0.1, -0.05) is 18.2 Å². The summed E-state index contributed by atoms with van der Waals surface area (Å²) in [5.74, 6) is -2.05. The molecule has 2 amide bonds. The third kappa shape index (κ3) is 2.67. The molecule has 24 heavy (non-hydrogen) atoms. The fourth-order valence-electron chi connectivity index (χ4n) is 2.57. The maximum atomic E-state index is 12.3. The molecule has 1 aliphatic heterocycles. The van der Waals surface area contributed by atoms with E-state index in [0.29, 0.717) is 11.1 Å². The number of aromatic nitrogens is 1. The van der Waals surface area contributed by atoms with Crippen molar-refractivity contribution in [3.63, 3.8) is 0 Å². The molecule has 3 rings (SSSR count). The Labute approximate surface area is 142 Å². The number of nitrogens with zero attached hydrogens (tertiary/aromatic N) is 2. The van der Waals surface area contributed by atoms with Crippen molar-refractivity contribution in [3.05, 3.63) is 41.6 Å². The minimum absolute atomic E-state index is 0.0513. The Morgan fingerprint density at radius 2 is 2.04 bits per heavy atom. The highest BCUT2D eigenvalue weighted by molar-refractivity contribution is 7.80. The van der Waals surface area contributed by atoms with Crippen LogP contribution in [0.4, 0.5) is 0 Å². The largest absolute Gasteiger partial charge is 0.480 e. The van der Waals surface area contributed by atoms with Crippen LogP contribution >= 0.6 is 12.2 Å². The summed E-state index contributed by atoms with van der Waals surface area (Å²) in [4.78, 5) is 36.5. The van der Waals surface area contributed by atoms with E-state index in [9.17, 15) is 14.4 Å². The van der Waals surface area contributed by atoms with Crippen molar-refractivity contribution in [3.8, 4) is 0 Å². The van der Waals surface area contributed by atoms with Crippen molar-refractivity contribution in [2.45, 2.75) is 6.54 Å². The lowest BCUT2D eigenvalue weighted by atomic mass is 10.1. The van der Waals surface area contributed by atoms with Gasteiger partial charge in [0.05, 0.1) is 0 Å². The summed E-state index contributed by atoms with van der Waals surface area (Å²) in [5.41, 5.74) is 1.25. The number of para-hydroxylation sites is 1. The van der Waals surface area contributed by atoms with E-state index in [1.807, 2.05) is 0 Å². The first kappa shape index (κ1) is 15.9. The number of rotatable bonds is 3. The van der Waals surface area contributed by atoms with Gasteiger partial charge in [0.1, 0.15) is 12.1 Å². The molecule has 2 aromatic rings. The Morgan fingerprint density at radius 3 is 2.75 bits per heavy atom. The van der Waals surface area contributed by atoms with Gasteiger partial charge in [-0.3, -0.25) is 24.6 Å². The fraction of sp³-hybridized carbons (Fsp3) is 0.125. The average Bonchev–Trinajstić information content (AvgIpc) is 2.87. The molecule has 0 atom stereocenters. The zero-order chi connectivity index (χ0) is 17.4. The highest BCUT2D eigenvalue weighted by Crippen LogP contribution is 2.24. The number of likely N-dealkylation sites (N-methyl/N-ethyl adjacent to an activating group) is 1. The Bertz CT molecular complexity index is 929. The number of amides is 2. The van der Waals surface area contributed by atoms with Crippen molar-refractivity contribution in [2.75, 3.05) is 7.05 Å². The zero-order valence-electron chi connectivity index (χ0n) is 12.6. The number of carbonyl (C=O) groups is 3. The summed E-state index contributed by atoms with van der Waals surface area (Å²) < 4.78 is 1.56. The van der Waals surface area contributed by atoms with Gasteiger partial charge in [-0.25, -0.2) is 0 Å². The van der Waals surface area contributed by atoms with Crippen molar-refractivity contribution in [1.29, 1.82) is 0 Å². The van der Waals surface area contributed by atoms with Crippen molar-refractivity contribution in [1.82, 2.24) is 14.8 Å². The molecule has 0 aliphatic carbocycles. The molecule has 2 N–H and O–H groups in total. The molecule has 122 valence electrons. The molecule has 1 aromatic heterocycles. The molecule has 7 nitrogen and oxygen atoms in total. The van der Waals surface area contributed by atoms with Crippen LogP contribution in [0.2, 0.25) is 0 Å². The zero-order valence-corrected chi connectivity index (χ0v) is 13.5. The molecule has 1 aliphatic rings.